The number of aromatic nitrogens is 4. The van der Waals surface area contributed by atoms with Crippen LogP contribution in [0.2, 0.25) is 0 Å². The number of methoxy groups -OCH3 is 1. The molecule has 0 atom stereocenters. The third kappa shape index (κ3) is 7.33. The Morgan fingerprint density at radius 1 is 0.979 bits per heavy atom. The third-order valence-electron chi connectivity index (χ3n) is 7.46. The average Bonchev–Trinajstić information content (AvgIpc) is 3.32. The van der Waals surface area contributed by atoms with Crippen molar-refractivity contribution in [3.8, 4) is 5.75 Å². The molecule has 0 unspecified atom stereocenters. The molecule has 2 heterocycles. The topological polar surface area (TPSA) is 195 Å². The number of nitrogens with two attached hydrogens (primary N) is 1. The molecule has 0 saturated carbocycles. The van der Waals surface area contributed by atoms with Gasteiger partial charge >= 0.3 is 16.2 Å². The van der Waals surface area contributed by atoms with Crippen molar-refractivity contribution < 1.29 is 26.4 Å². The number of primary sulfonamides is 1. The summed E-state index contributed by atoms with van der Waals surface area (Å²) in [6.45, 7) is 3.37. The molecule has 0 bridgehead atoms. The first-order valence-corrected chi connectivity index (χ1v) is 17.1. The number of urea groups is 1. The molecule has 0 spiro atoms. The zero-order valence-electron chi connectivity index (χ0n) is 26.2. The van der Waals surface area contributed by atoms with Crippen LogP contribution in [0.25, 0.3) is 10.9 Å². The van der Waals surface area contributed by atoms with Crippen molar-refractivity contribution in [2.45, 2.75) is 25.3 Å². The summed E-state index contributed by atoms with van der Waals surface area (Å²) < 4.78 is 61.9. The summed E-state index contributed by atoms with van der Waals surface area (Å²) in [5.74, 6) is 0.702. The van der Waals surface area contributed by atoms with Gasteiger partial charge in [0.05, 0.1) is 23.2 Å². The Kier molecular flexibility index (Phi) is 9.17. The van der Waals surface area contributed by atoms with E-state index >= 15 is 0 Å². The Hall–Kier alpha value is -5.10. The number of hydrogen-bond donors (Lipinski definition) is 3. The molecule has 5 aromatic rings. The number of nitrogens with zero attached hydrogens (tertiary/aromatic N) is 6. The summed E-state index contributed by atoms with van der Waals surface area (Å²) in [6.07, 6.45) is 1.39. The number of amides is 2. The maximum atomic E-state index is 13.7. The van der Waals surface area contributed by atoms with Gasteiger partial charge in [-0.05, 0) is 73.5 Å². The summed E-state index contributed by atoms with van der Waals surface area (Å²) in [5.41, 5.74) is 3.38. The van der Waals surface area contributed by atoms with Gasteiger partial charge in [0.25, 0.3) is 0 Å². The third-order valence-corrected chi connectivity index (χ3v) is 9.48. The maximum absolute atomic E-state index is 13.7. The van der Waals surface area contributed by atoms with E-state index in [2.05, 4.69) is 19.8 Å². The van der Waals surface area contributed by atoms with Crippen molar-refractivity contribution in [1.29, 1.82) is 0 Å². The van der Waals surface area contributed by atoms with E-state index in [-0.39, 0.29) is 23.1 Å². The van der Waals surface area contributed by atoms with Gasteiger partial charge in [0, 0.05) is 43.6 Å². The lowest BCUT2D eigenvalue weighted by Gasteiger charge is -2.24. The Morgan fingerprint density at radius 3 is 2.36 bits per heavy atom. The standard InChI is InChI=1S/C30H33N9O6S2/c1-19-6-9-23(17-27(19)46(31,41)42)39(30(40)36-47(43,44)33-18-21-7-11-24(45-5)12-8-21)29-32-15-14-28(34-29)37(3)22-10-13-25-20(2)38(4)35-26(25)16-22/h6-17,33H,18H2,1-5H3,(H,36,40)(H2,31,41,42). The first-order valence-electron chi connectivity index (χ1n) is 14.0. The van der Waals surface area contributed by atoms with Crippen molar-refractivity contribution in [3.63, 3.8) is 0 Å². The van der Waals surface area contributed by atoms with Crippen molar-refractivity contribution in [1.82, 2.24) is 29.2 Å². The minimum Gasteiger partial charge on any atom is -0.497 e. The first kappa shape index (κ1) is 33.3. The number of rotatable bonds is 10. The minimum atomic E-state index is -4.43. The molecule has 0 aliphatic heterocycles. The second-order valence-corrected chi connectivity index (χ2v) is 13.6. The van der Waals surface area contributed by atoms with Crippen LogP contribution in [0.1, 0.15) is 16.8 Å². The minimum absolute atomic E-state index is 0.0485. The monoisotopic (exact) mass is 679 g/mol. The van der Waals surface area contributed by atoms with Gasteiger partial charge < -0.3 is 9.64 Å². The molecule has 0 aliphatic carbocycles. The molecule has 47 heavy (non-hydrogen) atoms. The lowest BCUT2D eigenvalue weighted by molar-refractivity contribution is 0.252. The normalized spacial score (nSPS) is 11.8. The van der Waals surface area contributed by atoms with Crippen LogP contribution in [0.15, 0.2) is 77.8 Å². The van der Waals surface area contributed by atoms with E-state index in [0.29, 0.717) is 22.7 Å². The lowest BCUT2D eigenvalue weighted by Crippen LogP contribution is -2.46. The van der Waals surface area contributed by atoms with E-state index in [4.69, 9.17) is 9.88 Å². The number of nitrogens with one attached hydrogen (secondary N) is 2. The molecule has 0 aliphatic rings. The fourth-order valence-corrected chi connectivity index (χ4v) is 6.32. The number of fused-ring (bicyclic) bond motifs is 1. The molecule has 0 fully saturated rings. The van der Waals surface area contributed by atoms with Crippen molar-refractivity contribution in [2.75, 3.05) is 24.0 Å². The molecule has 0 radical (unpaired) electrons. The second kappa shape index (κ2) is 13.0. The van der Waals surface area contributed by atoms with Gasteiger partial charge in [-0.1, -0.05) is 18.2 Å². The summed E-state index contributed by atoms with van der Waals surface area (Å²) in [7, 11) is -3.52. The number of aryl methyl sites for hydroxylation is 3. The van der Waals surface area contributed by atoms with Crippen molar-refractivity contribution in [2.24, 2.45) is 12.2 Å². The van der Waals surface area contributed by atoms with Crippen LogP contribution in [0.4, 0.5) is 27.9 Å². The fourth-order valence-electron chi connectivity index (χ4n) is 4.77. The van der Waals surface area contributed by atoms with Crippen molar-refractivity contribution >= 4 is 60.3 Å². The predicted molar refractivity (Wildman–Crippen MR) is 178 cm³/mol. The van der Waals surface area contributed by atoms with Crippen LogP contribution in [0, 0.1) is 13.8 Å². The molecule has 0 saturated heterocycles. The second-order valence-electron chi connectivity index (χ2n) is 10.6. The summed E-state index contributed by atoms with van der Waals surface area (Å²) in [6, 6.07) is 16.8. The maximum Gasteiger partial charge on any atom is 0.343 e. The smallest absolute Gasteiger partial charge is 0.343 e. The highest BCUT2D eigenvalue weighted by Gasteiger charge is 2.27. The van der Waals surface area contributed by atoms with Crippen LogP contribution in [-0.2, 0) is 33.8 Å². The Balaban J connectivity index is 1.50. The predicted octanol–water partition coefficient (Wildman–Crippen LogP) is 3.29. The molecule has 2 amide bonds. The highest BCUT2D eigenvalue weighted by atomic mass is 32.2. The Morgan fingerprint density at radius 2 is 1.68 bits per heavy atom. The SMILES string of the molecule is COc1ccc(CNS(=O)(=O)NC(=O)N(c2ccc(C)c(S(N)(=O)=O)c2)c2nccc(N(C)c3ccc4c(C)n(C)nc4c3)n2)cc1. The Bertz CT molecular complexity index is 2190. The van der Waals surface area contributed by atoms with E-state index in [1.165, 1.54) is 32.4 Å². The number of ether oxygens (including phenoxy) is 1. The quantitative estimate of drug-likeness (QED) is 0.197. The fraction of sp³-hybridized carbons (Fsp3) is 0.200. The van der Waals surface area contributed by atoms with Gasteiger partial charge in [-0.15, -0.1) is 0 Å². The van der Waals surface area contributed by atoms with E-state index in [1.54, 1.807) is 47.0 Å². The van der Waals surface area contributed by atoms with Crippen LogP contribution in [0.3, 0.4) is 0 Å². The number of anilines is 4. The number of benzene rings is 3. The molecule has 15 nitrogen and oxygen atoms in total. The molecule has 4 N–H and O–H groups in total. The molecular weight excluding hydrogens is 647 g/mol. The van der Waals surface area contributed by atoms with Gasteiger partial charge in [-0.2, -0.15) is 23.2 Å². The van der Waals surface area contributed by atoms with E-state index in [0.717, 1.165) is 33.3 Å². The van der Waals surface area contributed by atoms with Crippen LogP contribution >= 0.6 is 0 Å². The zero-order valence-corrected chi connectivity index (χ0v) is 27.8. The molecule has 3 aromatic carbocycles. The van der Waals surface area contributed by atoms with Gasteiger partial charge in [-0.25, -0.2) is 33.0 Å². The zero-order chi connectivity index (χ0) is 34.1. The van der Waals surface area contributed by atoms with Gasteiger partial charge in [0.2, 0.25) is 16.0 Å². The largest absolute Gasteiger partial charge is 0.497 e. The molecular formula is C30H33N9O6S2. The highest BCUT2D eigenvalue weighted by molar-refractivity contribution is 7.89. The number of sulfonamides is 1. The number of hydrogen-bond acceptors (Lipinski definition) is 10. The number of carbonyl (C=O) groups is 1. The first-order chi connectivity index (χ1) is 22.2. The molecule has 2 aromatic heterocycles. The lowest BCUT2D eigenvalue weighted by atomic mass is 10.2. The van der Waals surface area contributed by atoms with E-state index in [1.807, 2.05) is 36.9 Å². The van der Waals surface area contributed by atoms with Gasteiger partial charge in [0.1, 0.15) is 11.6 Å². The van der Waals surface area contributed by atoms with E-state index in [9.17, 15) is 21.6 Å². The Labute approximate surface area is 272 Å². The number of carbonyl (C=O) groups excluding carboxylic acids is 1. The highest BCUT2D eigenvalue weighted by Crippen LogP contribution is 2.31. The van der Waals surface area contributed by atoms with Crippen LogP contribution in [-0.4, -0.2) is 56.8 Å². The van der Waals surface area contributed by atoms with Crippen LogP contribution in [0.5, 0.6) is 5.75 Å². The van der Waals surface area contributed by atoms with Crippen molar-refractivity contribution in [3.05, 3.63) is 89.7 Å². The summed E-state index contributed by atoms with van der Waals surface area (Å²) in [4.78, 5) is 24.8. The average molecular weight is 680 g/mol. The summed E-state index contributed by atoms with van der Waals surface area (Å²) in [5, 5.41) is 11.0. The van der Waals surface area contributed by atoms with E-state index < -0.39 is 26.3 Å². The molecule has 17 heteroatoms. The summed E-state index contributed by atoms with van der Waals surface area (Å²) >= 11 is 0. The van der Waals surface area contributed by atoms with Gasteiger partial charge in [0.15, 0.2) is 0 Å². The van der Waals surface area contributed by atoms with Crippen LogP contribution < -0.4 is 29.1 Å². The van der Waals surface area contributed by atoms with Gasteiger partial charge in [-0.3, -0.25) is 4.68 Å². The molecule has 246 valence electrons. The molecule has 5 rings (SSSR count).